The lowest BCUT2D eigenvalue weighted by atomic mass is 10.0. The van der Waals surface area contributed by atoms with Gasteiger partial charge in [0, 0.05) is 25.7 Å². The van der Waals surface area contributed by atoms with Crippen molar-refractivity contribution in [2.75, 3.05) is 32.1 Å². The first-order chi connectivity index (χ1) is 16.4. The van der Waals surface area contributed by atoms with Gasteiger partial charge in [-0.05, 0) is 42.7 Å². The maximum absolute atomic E-state index is 13.5. The number of aliphatic imine (C=N–C) groups is 1. The Hall–Kier alpha value is -3.11. The van der Waals surface area contributed by atoms with Crippen LogP contribution in [-0.2, 0) is 12.6 Å². The van der Waals surface area contributed by atoms with E-state index in [0.29, 0.717) is 53.2 Å². The number of anilines is 2. The van der Waals surface area contributed by atoms with E-state index in [1.54, 1.807) is 7.11 Å². The normalized spacial score (nSPS) is 17.8. The van der Waals surface area contributed by atoms with Gasteiger partial charge in [-0.25, -0.2) is 9.98 Å². The number of aromatic nitrogens is 1. The number of ether oxygens (including phenoxy) is 1. The van der Waals surface area contributed by atoms with Crippen molar-refractivity contribution < 1.29 is 17.9 Å². The van der Waals surface area contributed by atoms with Gasteiger partial charge in [-0.1, -0.05) is 35.6 Å². The van der Waals surface area contributed by atoms with Crippen LogP contribution in [0.15, 0.2) is 53.5 Å². The molecule has 0 saturated carbocycles. The summed E-state index contributed by atoms with van der Waals surface area (Å²) in [7, 11) is 1.65. The minimum Gasteiger partial charge on any atom is -0.497 e. The lowest BCUT2D eigenvalue weighted by molar-refractivity contribution is -0.137. The van der Waals surface area contributed by atoms with E-state index in [4.69, 9.17) is 9.73 Å². The van der Waals surface area contributed by atoms with Crippen molar-refractivity contribution in [3.63, 3.8) is 0 Å². The number of fused-ring (bicyclic) bond motifs is 2. The molecule has 5 rings (SSSR count). The summed E-state index contributed by atoms with van der Waals surface area (Å²) < 4.78 is 45.7. The molecule has 1 atom stereocenters. The van der Waals surface area contributed by atoms with E-state index in [1.807, 2.05) is 42.5 Å². The van der Waals surface area contributed by atoms with Gasteiger partial charge in [0.25, 0.3) is 0 Å². The molecule has 2 aliphatic rings. The fourth-order valence-corrected chi connectivity index (χ4v) is 5.09. The lowest BCUT2D eigenvalue weighted by Crippen LogP contribution is -2.53. The van der Waals surface area contributed by atoms with Crippen LogP contribution >= 0.6 is 11.3 Å². The van der Waals surface area contributed by atoms with Gasteiger partial charge in [-0.3, -0.25) is 0 Å². The quantitative estimate of drug-likeness (QED) is 0.529. The molecule has 0 radical (unpaired) electrons. The van der Waals surface area contributed by atoms with Gasteiger partial charge in [0.15, 0.2) is 5.84 Å². The number of nitrogens with one attached hydrogen (secondary N) is 2. The summed E-state index contributed by atoms with van der Waals surface area (Å²) >= 11 is 0.617. The third kappa shape index (κ3) is 4.74. The first-order valence-electron chi connectivity index (χ1n) is 11.0. The number of rotatable bonds is 4. The number of para-hydroxylation sites is 2. The average molecular weight is 488 g/mol. The predicted molar refractivity (Wildman–Crippen MR) is 128 cm³/mol. The molecular weight excluding hydrogens is 463 g/mol. The molecule has 2 aliphatic heterocycles. The van der Waals surface area contributed by atoms with Crippen molar-refractivity contribution in [3.8, 4) is 5.75 Å². The van der Waals surface area contributed by atoms with Crippen molar-refractivity contribution in [1.82, 2.24) is 15.2 Å². The number of amidine groups is 1. The van der Waals surface area contributed by atoms with Crippen molar-refractivity contribution in [3.05, 3.63) is 64.8 Å². The first-order valence-corrected chi connectivity index (χ1v) is 11.9. The van der Waals surface area contributed by atoms with Crippen LogP contribution < -0.4 is 15.4 Å². The fourth-order valence-electron chi connectivity index (χ4n) is 4.24. The van der Waals surface area contributed by atoms with Gasteiger partial charge < -0.3 is 20.3 Å². The van der Waals surface area contributed by atoms with E-state index in [9.17, 15) is 13.2 Å². The average Bonchev–Trinajstić information content (AvgIpc) is 3.20. The number of aryl methyl sites for hydroxylation is 1. The van der Waals surface area contributed by atoms with Crippen molar-refractivity contribution in [1.29, 1.82) is 0 Å². The van der Waals surface area contributed by atoms with E-state index < -0.39 is 11.2 Å². The van der Waals surface area contributed by atoms with Gasteiger partial charge in [0.2, 0.25) is 5.01 Å². The van der Waals surface area contributed by atoms with Gasteiger partial charge in [0.05, 0.1) is 18.5 Å². The molecule has 34 heavy (non-hydrogen) atoms. The molecular formula is C24H24F3N5OS. The summed E-state index contributed by atoms with van der Waals surface area (Å²) in [6.07, 6.45) is -2.77. The SMILES string of the molecule is COc1cccc(CC[C@H]2CN(C3=Nc4ccccc4Nc4sc(C(F)(F)F)nc43)CCN2)c1. The Balaban J connectivity index is 1.41. The number of benzene rings is 2. The van der Waals surface area contributed by atoms with Gasteiger partial charge >= 0.3 is 6.18 Å². The van der Waals surface area contributed by atoms with E-state index in [2.05, 4.69) is 26.6 Å². The van der Waals surface area contributed by atoms with Gasteiger partial charge in [0.1, 0.15) is 16.4 Å². The third-order valence-corrected chi connectivity index (χ3v) is 6.95. The van der Waals surface area contributed by atoms with Crippen LogP contribution in [0, 0.1) is 0 Å². The Morgan fingerprint density at radius 3 is 2.85 bits per heavy atom. The van der Waals surface area contributed by atoms with Gasteiger partial charge in [-0.2, -0.15) is 13.2 Å². The molecule has 178 valence electrons. The first kappa shape index (κ1) is 22.7. The highest BCUT2D eigenvalue weighted by atomic mass is 32.1. The maximum atomic E-state index is 13.5. The number of piperazine rings is 1. The Labute approximate surface area is 199 Å². The number of alkyl halides is 3. The predicted octanol–water partition coefficient (Wildman–Crippen LogP) is 5.21. The molecule has 0 amide bonds. The Kier molecular flexibility index (Phi) is 6.18. The second-order valence-corrected chi connectivity index (χ2v) is 9.26. The number of methoxy groups -OCH3 is 1. The number of hydrogen-bond acceptors (Lipinski definition) is 7. The molecule has 1 fully saturated rings. The number of halogens is 3. The van der Waals surface area contributed by atoms with Crippen LogP contribution in [0.5, 0.6) is 5.75 Å². The molecule has 0 unspecified atom stereocenters. The molecule has 10 heteroatoms. The zero-order chi connectivity index (χ0) is 23.7. The molecule has 6 nitrogen and oxygen atoms in total. The van der Waals surface area contributed by atoms with Crippen LogP contribution in [0.4, 0.5) is 29.5 Å². The Morgan fingerprint density at radius 1 is 1.18 bits per heavy atom. The Bertz CT molecular complexity index is 1210. The minimum absolute atomic E-state index is 0.165. The zero-order valence-corrected chi connectivity index (χ0v) is 19.3. The molecule has 0 bridgehead atoms. The highest BCUT2D eigenvalue weighted by Crippen LogP contribution is 2.42. The van der Waals surface area contributed by atoms with Gasteiger partial charge in [-0.15, -0.1) is 0 Å². The van der Waals surface area contributed by atoms with Crippen molar-refractivity contribution >= 4 is 33.5 Å². The molecule has 0 aliphatic carbocycles. The summed E-state index contributed by atoms with van der Waals surface area (Å²) in [5.41, 5.74) is 2.78. The Morgan fingerprint density at radius 2 is 2.03 bits per heavy atom. The van der Waals surface area contributed by atoms with Crippen LogP contribution in [0.2, 0.25) is 0 Å². The monoisotopic (exact) mass is 487 g/mol. The standard InChI is InChI=1S/C24H24F3N5OS/c1-33-17-6-4-5-15(13-17)9-10-16-14-32(12-11-28-16)21-20-22(34-23(31-20)24(25,26)27)30-19-8-3-2-7-18(19)29-21/h2-8,13,16,28,30H,9-12,14H2,1H3/t16-/m0/s1. The molecule has 1 saturated heterocycles. The number of nitrogens with zero attached hydrogens (tertiary/aromatic N) is 3. The second kappa shape index (κ2) is 9.27. The fraction of sp³-hybridized carbons (Fsp3) is 0.333. The minimum atomic E-state index is -4.51. The molecule has 2 N–H and O–H groups in total. The summed E-state index contributed by atoms with van der Waals surface area (Å²) in [6.45, 7) is 1.97. The molecule has 1 aromatic heterocycles. The van der Waals surface area contributed by atoms with Crippen LogP contribution in [0.3, 0.4) is 0 Å². The maximum Gasteiger partial charge on any atom is 0.443 e. The third-order valence-electron chi connectivity index (χ3n) is 5.93. The molecule has 3 heterocycles. The molecule has 3 aromatic rings. The zero-order valence-electron chi connectivity index (χ0n) is 18.5. The van der Waals surface area contributed by atoms with Crippen LogP contribution in [0.1, 0.15) is 22.7 Å². The van der Waals surface area contributed by atoms with Crippen LogP contribution in [-0.4, -0.2) is 48.5 Å². The lowest BCUT2D eigenvalue weighted by Gasteiger charge is -2.35. The van der Waals surface area contributed by atoms with E-state index in [0.717, 1.165) is 18.6 Å². The summed E-state index contributed by atoms with van der Waals surface area (Å²) in [6, 6.07) is 15.5. The van der Waals surface area contributed by atoms with E-state index >= 15 is 0 Å². The van der Waals surface area contributed by atoms with Crippen LogP contribution in [0.25, 0.3) is 0 Å². The summed E-state index contributed by atoms with van der Waals surface area (Å²) in [5.74, 6) is 1.30. The summed E-state index contributed by atoms with van der Waals surface area (Å²) in [5, 5.41) is 6.14. The summed E-state index contributed by atoms with van der Waals surface area (Å²) in [4.78, 5) is 10.8. The largest absolute Gasteiger partial charge is 0.497 e. The molecule has 0 spiro atoms. The van der Waals surface area contributed by atoms with E-state index in [1.165, 1.54) is 5.56 Å². The smallest absolute Gasteiger partial charge is 0.443 e. The number of hydrogen-bond donors (Lipinski definition) is 2. The van der Waals surface area contributed by atoms with Crippen molar-refractivity contribution in [2.45, 2.75) is 25.1 Å². The van der Waals surface area contributed by atoms with Crippen molar-refractivity contribution in [2.24, 2.45) is 4.99 Å². The topological polar surface area (TPSA) is 61.8 Å². The second-order valence-electron chi connectivity index (χ2n) is 8.26. The van der Waals surface area contributed by atoms with E-state index in [-0.39, 0.29) is 11.7 Å². The highest BCUT2D eigenvalue weighted by Gasteiger charge is 2.38. The highest BCUT2D eigenvalue weighted by molar-refractivity contribution is 7.16. The molecule has 2 aromatic carbocycles. The number of thiazole rings is 1.